The average Bonchev–Trinajstić information content (AvgIpc) is 2.63. The van der Waals surface area contributed by atoms with Gasteiger partial charge in [-0.25, -0.2) is 4.57 Å². The van der Waals surface area contributed by atoms with Crippen molar-refractivity contribution in [3.8, 4) is 5.75 Å². The van der Waals surface area contributed by atoms with E-state index >= 15 is 0 Å². The molecular formula is C20H21O3P. The molecule has 24 heavy (non-hydrogen) atoms. The number of rotatable bonds is 5. The Hall–Kier alpha value is -2.35. The standard InChI is InChI=1S/C14H14.C6H7O3P/c1-3-7-13(8-4-1)11-12-14-9-5-2-6-10-14;7-10(8)9-6-4-2-1-3-5-6/h1-10H,11-12H2;1-5,10H,(H,7,8). The van der Waals surface area contributed by atoms with Crippen molar-refractivity contribution in [2.75, 3.05) is 0 Å². The van der Waals surface area contributed by atoms with Crippen molar-refractivity contribution >= 4 is 8.25 Å². The van der Waals surface area contributed by atoms with Gasteiger partial charge in [0.05, 0.1) is 0 Å². The Bertz CT molecular complexity index is 676. The summed E-state index contributed by atoms with van der Waals surface area (Å²) in [5, 5.41) is 0. The molecule has 0 heterocycles. The van der Waals surface area contributed by atoms with Gasteiger partial charge in [0.15, 0.2) is 0 Å². The van der Waals surface area contributed by atoms with Crippen molar-refractivity contribution in [1.82, 2.24) is 0 Å². The van der Waals surface area contributed by atoms with E-state index in [4.69, 9.17) is 4.89 Å². The molecule has 0 radical (unpaired) electrons. The molecule has 0 aliphatic carbocycles. The first kappa shape index (κ1) is 18.0. The van der Waals surface area contributed by atoms with Crippen molar-refractivity contribution in [3.05, 3.63) is 102 Å². The Morgan fingerprint density at radius 3 is 1.42 bits per heavy atom. The average molecular weight is 340 g/mol. The van der Waals surface area contributed by atoms with Crippen LogP contribution in [-0.4, -0.2) is 4.89 Å². The summed E-state index contributed by atoms with van der Waals surface area (Å²) in [5.74, 6) is 0.425. The fraction of sp³-hybridized carbons (Fsp3) is 0.100. The molecule has 0 spiro atoms. The second-order valence-corrected chi connectivity index (χ2v) is 5.89. The Morgan fingerprint density at radius 1 is 0.667 bits per heavy atom. The molecule has 0 aliphatic rings. The minimum absolute atomic E-state index is 0.425. The molecule has 4 heteroatoms. The maximum absolute atomic E-state index is 10.1. The Balaban J connectivity index is 0.000000185. The van der Waals surface area contributed by atoms with Gasteiger partial charge in [0.1, 0.15) is 5.75 Å². The highest BCUT2D eigenvalue weighted by molar-refractivity contribution is 7.32. The number of hydrogen-bond donors (Lipinski definition) is 1. The highest BCUT2D eigenvalue weighted by Gasteiger charge is 1.93. The molecule has 0 saturated carbocycles. The summed E-state index contributed by atoms with van der Waals surface area (Å²) in [4.78, 5) is 8.33. The molecule has 0 saturated heterocycles. The van der Waals surface area contributed by atoms with Gasteiger partial charge in [-0.05, 0) is 36.1 Å². The Kier molecular flexibility index (Phi) is 7.82. The van der Waals surface area contributed by atoms with Gasteiger partial charge < -0.3 is 9.42 Å². The first-order valence-electron chi connectivity index (χ1n) is 7.78. The van der Waals surface area contributed by atoms with E-state index in [1.807, 2.05) is 0 Å². The third kappa shape index (κ3) is 7.28. The summed E-state index contributed by atoms with van der Waals surface area (Å²) in [6.45, 7) is 0. The number of benzene rings is 3. The fourth-order valence-corrected chi connectivity index (χ4v) is 2.51. The second kappa shape index (κ2) is 10.4. The van der Waals surface area contributed by atoms with Gasteiger partial charge in [-0.15, -0.1) is 0 Å². The van der Waals surface area contributed by atoms with Crippen LogP contribution in [0.5, 0.6) is 5.75 Å². The van der Waals surface area contributed by atoms with Gasteiger partial charge in [-0.2, -0.15) is 0 Å². The van der Waals surface area contributed by atoms with Gasteiger partial charge in [-0.1, -0.05) is 78.9 Å². The molecule has 0 fully saturated rings. The minimum atomic E-state index is -2.84. The molecule has 0 aromatic heterocycles. The van der Waals surface area contributed by atoms with Crippen LogP contribution in [0.15, 0.2) is 91.0 Å². The van der Waals surface area contributed by atoms with E-state index in [9.17, 15) is 4.57 Å². The molecule has 1 N–H and O–H groups in total. The summed E-state index contributed by atoms with van der Waals surface area (Å²) in [7, 11) is -2.84. The molecule has 124 valence electrons. The molecule has 0 amide bonds. The predicted octanol–water partition coefficient (Wildman–Crippen LogP) is 4.92. The third-order valence-electron chi connectivity index (χ3n) is 3.34. The lowest BCUT2D eigenvalue weighted by Crippen LogP contribution is -1.89. The van der Waals surface area contributed by atoms with Gasteiger partial charge in [0.25, 0.3) is 0 Å². The lowest BCUT2D eigenvalue weighted by Gasteiger charge is -2.01. The van der Waals surface area contributed by atoms with Crippen molar-refractivity contribution < 1.29 is 14.0 Å². The van der Waals surface area contributed by atoms with E-state index in [-0.39, 0.29) is 0 Å². The highest BCUT2D eigenvalue weighted by Crippen LogP contribution is 2.21. The largest absolute Gasteiger partial charge is 0.426 e. The number of hydrogen-bond acceptors (Lipinski definition) is 2. The summed E-state index contributed by atoms with van der Waals surface area (Å²) in [6.07, 6.45) is 2.26. The first-order chi connectivity index (χ1) is 11.7. The zero-order chi connectivity index (χ0) is 17.0. The van der Waals surface area contributed by atoms with Gasteiger partial charge in [0, 0.05) is 0 Å². The maximum atomic E-state index is 10.1. The molecule has 0 bridgehead atoms. The van der Waals surface area contributed by atoms with E-state index in [0.29, 0.717) is 5.75 Å². The van der Waals surface area contributed by atoms with Crippen LogP contribution in [0.2, 0.25) is 0 Å². The zero-order valence-electron chi connectivity index (χ0n) is 13.3. The number of aryl methyl sites for hydroxylation is 2. The molecule has 1 atom stereocenters. The molecular weight excluding hydrogens is 319 g/mol. The van der Waals surface area contributed by atoms with Gasteiger partial charge in [-0.3, -0.25) is 0 Å². The van der Waals surface area contributed by atoms with Crippen molar-refractivity contribution in [1.29, 1.82) is 0 Å². The first-order valence-corrected chi connectivity index (χ1v) is 9.04. The molecule has 3 aromatic rings. The highest BCUT2D eigenvalue weighted by atomic mass is 31.1. The lowest BCUT2D eigenvalue weighted by molar-refractivity contribution is 0.410. The smallest absolute Gasteiger partial charge is 0.365 e. The van der Waals surface area contributed by atoms with Crippen LogP contribution in [0.3, 0.4) is 0 Å². The van der Waals surface area contributed by atoms with E-state index in [1.54, 1.807) is 30.3 Å². The SMILES string of the molecule is O=[PH](O)Oc1ccccc1.c1ccc(CCc2ccccc2)cc1. The van der Waals surface area contributed by atoms with Crippen molar-refractivity contribution in [3.63, 3.8) is 0 Å². The Morgan fingerprint density at radius 2 is 1.04 bits per heavy atom. The summed E-state index contributed by atoms with van der Waals surface area (Å²) < 4.78 is 14.6. The fourth-order valence-electron chi connectivity index (χ4n) is 2.17. The van der Waals surface area contributed by atoms with Crippen LogP contribution in [-0.2, 0) is 17.4 Å². The van der Waals surface area contributed by atoms with Crippen molar-refractivity contribution in [2.24, 2.45) is 0 Å². The second-order valence-electron chi connectivity index (χ2n) is 5.15. The predicted molar refractivity (Wildman–Crippen MR) is 98.6 cm³/mol. The summed E-state index contributed by atoms with van der Waals surface area (Å²) >= 11 is 0. The van der Waals surface area contributed by atoms with Crippen LogP contribution in [0, 0.1) is 0 Å². The number of para-hydroxylation sites is 1. The minimum Gasteiger partial charge on any atom is -0.426 e. The third-order valence-corrected chi connectivity index (χ3v) is 3.75. The van der Waals surface area contributed by atoms with Gasteiger partial charge >= 0.3 is 8.25 Å². The van der Waals surface area contributed by atoms with Gasteiger partial charge in [0.2, 0.25) is 0 Å². The maximum Gasteiger partial charge on any atom is 0.365 e. The van der Waals surface area contributed by atoms with E-state index in [2.05, 4.69) is 65.2 Å². The molecule has 3 nitrogen and oxygen atoms in total. The zero-order valence-corrected chi connectivity index (χ0v) is 14.3. The molecule has 1 unspecified atom stereocenters. The van der Waals surface area contributed by atoms with Crippen LogP contribution in [0.1, 0.15) is 11.1 Å². The van der Waals surface area contributed by atoms with E-state index in [0.717, 1.165) is 12.8 Å². The van der Waals surface area contributed by atoms with E-state index < -0.39 is 8.25 Å². The van der Waals surface area contributed by atoms with Crippen LogP contribution >= 0.6 is 8.25 Å². The molecule has 0 aliphatic heterocycles. The van der Waals surface area contributed by atoms with E-state index in [1.165, 1.54) is 11.1 Å². The molecule has 3 aromatic carbocycles. The normalized spacial score (nSPS) is 11.0. The van der Waals surface area contributed by atoms with Crippen LogP contribution in [0.25, 0.3) is 0 Å². The van der Waals surface area contributed by atoms with Crippen LogP contribution < -0.4 is 4.52 Å². The summed E-state index contributed by atoms with van der Waals surface area (Å²) in [6, 6.07) is 29.8. The molecule has 3 rings (SSSR count). The topological polar surface area (TPSA) is 46.5 Å². The van der Waals surface area contributed by atoms with Crippen LogP contribution in [0.4, 0.5) is 0 Å². The quantitative estimate of drug-likeness (QED) is 0.671. The van der Waals surface area contributed by atoms with Crippen molar-refractivity contribution in [2.45, 2.75) is 12.8 Å². The monoisotopic (exact) mass is 340 g/mol. The summed E-state index contributed by atoms with van der Waals surface area (Å²) in [5.41, 5.74) is 2.83. The lowest BCUT2D eigenvalue weighted by atomic mass is 10.0. The Labute approximate surface area is 143 Å².